The molecule has 0 aliphatic carbocycles. The first-order chi connectivity index (χ1) is 10.7. The van der Waals surface area contributed by atoms with Gasteiger partial charge in [-0.3, -0.25) is 9.80 Å². The largest absolute Gasteiger partial charge is 0.396 e. The van der Waals surface area contributed by atoms with Gasteiger partial charge in [-0.05, 0) is 45.1 Å². The number of imidazole rings is 1. The minimum absolute atomic E-state index is 0.356. The van der Waals surface area contributed by atoms with Crippen molar-refractivity contribution in [3.63, 3.8) is 0 Å². The van der Waals surface area contributed by atoms with Crippen LogP contribution in [0.15, 0.2) is 6.20 Å². The van der Waals surface area contributed by atoms with E-state index >= 15 is 0 Å². The summed E-state index contributed by atoms with van der Waals surface area (Å²) in [6.07, 6.45) is 6.98. The molecule has 0 spiro atoms. The summed E-state index contributed by atoms with van der Waals surface area (Å²) in [6, 6.07) is 0.721. The lowest BCUT2D eigenvalue weighted by Crippen LogP contribution is -2.48. The lowest BCUT2D eigenvalue weighted by atomic mass is 9.94. The maximum absolute atomic E-state index is 9.40. The zero-order valence-electron chi connectivity index (χ0n) is 14.0. The van der Waals surface area contributed by atoms with E-state index in [1.165, 1.54) is 51.0 Å². The molecule has 1 aromatic rings. The van der Waals surface area contributed by atoms with Crippen molar-refractivity contribution in [3.05, 3.63) is 17.7 Å². The second kappa shape index (κ2) is 7.11. The fourth-order valence-corrected chi connectivity index (χ4v) is 3.95. The number of aliphatic hydroxyl groups excluding tert-OH is 1. The third-order valence-corrected chi connectivity index (χ3v) is 5.58. The predicted octanol–water partition coefficient (Wildman–Crippen LogP) is 1.40. The van der Waals surface area contributed by atoms with Crippen LogP contribution in [0.2, 0.25) is 0 Å². The Hall–Kier alpha value is -0.910. The van der Waals surface area contributed by atoms with Gasteiger partial charge in [-0.2, -0.15) is 0 Å². The lowest BCUT2D eigenvalue weighted by molar-refractivity contribution is 0.0522. The van der Waals surface area contributed by atoms with Crippen molar-refractivity contribution in [1.82, 2.24) is 19.4 Å². The number of piperidine rings is 2. The van der Waals surface area contributed by atoms with Crippen LogP contribution in [0, 0.1) is 12.8 Å². The van der Waals surface area contributed by atoms with Crippen molar-refractivity contribution in [2.45, 2.75) is 45.2 Å². The Kier molecular flexibility index (Phi) is 5.16. The highest BCUT2D eigenvalue weighted by Crippen LogP contribution is 2.24. The minimum atomic E-state index is 0.356. The summed E-state index contributed by atoms with van der Waals surface area (Å²) >= 11 is 0. The number of aromatic nitrogens is 2. The normalized spacial score (nSPS) is 25.7. The predicted molar refractivity (Wildman–Crippen MR) is 87.6 cm³/mol. The SMILES string of the molecule is Cc1ncc(CN2CCC(N3CCC[C@@H](CO)C3)CC2)n1C. The summed E-state index contributed by atoms with van der Waals surface area (Å²) in [5.41, 5.74) is 1.31. The molecule has 2 saturated heterocycles. The van der Waals surface area contributed by atoms with Gasteiger partial charge in [0.15, 0.2) is 0 Å². The number of nitrogens with zero attached hydrogens (tertiary/aromatic N) is 4. The van der Waals surface area contributed by atoms with Crippen molar-refractivity contribution in [3.8, 4) is 0 Å². The van der Waals surface area contributed by atoms with Crippen molar-refractivity contribution in [2.75, 3.05) is 32.8 Å². The van der Waals surface area contributed by atoms with E-state index in [4.69, 9.17) is 0 Å². The Balaban J connectivity index is 1.49. The molecule has 0 aromatic carbocycles. The summed E-state index contributed by atoms with van der Waals surface area (Å²) in [6.45, 7) is 8.11. The van der Waals surface area contributed by atoms with Gasteiger partial charge in [0.05, 0.1) is 5.69 Å². The zero-order chi connectivity index (χ0) is 15.5. The van der Waals surface area contributed by atoms with Gasteiger partial charge >= 0.3 is 0 Å². The Morgan fingerprint density at radius 2 is 2.00 bits per heavy atom. The first-order valence-electron chi connectivity index (χ1n) is 8.72. The topological polar surface area (TPSA) is 44.5 Å². The van der Waals surface area contributed by atoms with Crippen molar-refractivity contribution >= 4 is 0 Å². The van der Waals surface area contributed by atoms with E-state index in [0.29, 0.717) is 12.5 Å². The molecule has 2 aliphatic heterocycles. The quantitative estimate of drug-likeness (QED) is 0.913. The molecule has 3 heterocycles. The molecule has 0 bridgehead atoms. The molecule has 2 aliphatic rings. The van der Waals surface area contributed by atoms with Gasteiger partial charge in [0.1, 0.15) is 5.82 Å². The molecular formula is C17H30N4O. The van der Waals surface area contributed by atoms with Gasteiger partial charge in [-0.25, -0.2) is 4.98 Å². The molecule has 3 rings (SSSR count). The standard InChI is InChI=1S/C17H30N4O/c1-14-18-10-17(19(14)2)12-20-8-5-16(6-9-20)21-7-3-4-15(11-21)13-22/h10,15-16,22H,3-9,11-13H2,1-2H3/t15-/m1/s1. The molecule has 2 fully saturated rings. The highest BCUT2D eigenvalue weighted by molar-refractivity contribution is 5.03. The van der Waals surface area contributed by atoms with Crippen LogP contribution in [0.1, 0.15) is 37.2 Å². The van der Waals surface area contributed by atoms with Crippen LogP contribution in [0.5, 0.6) is 0 Å². The molecular weight excluding hydrogens is 276 g/mol. The van der Waals surface area contributed by atoms with Crippen LogP contribution in [-0.4, -0.2) is 63.3 Å². The maximum atomic E-state index is 9.40. The van der Waals surface area contributed by atoms with Crippen molar-refractivity contribution in [1.29, 1.82) is 0 Å². The third-order valence-electron chi connectivity index (χ3n) is 5.58. The third kappa shape index (κ3) is 3.53. The number of aliphatic hydroxyl groups is 1. The lowest BCUT2D eigenvalue weighted by Gasteiger charge is -2.42. The molecule has 0 saturated carbocycles. The van der Waals surface area contributed by atoms with Crippen LogP contribution in [0.4, 0.5) is 0 Å². The van der Waals surface area contributed by atoms with Crippen molar-refractivity contribution in [2.24, 2.45) is 13.0 Å². The van der Waals surface area contributed by atoms with E-state index in [2.05, 4.69) is 33.3 Å². The molecule has 5 nitrogen and oxygen atoms in total. The number of hydrogen-bond donors (Lipinski definition) is 1. The monoisotopic (exact) mass is 306 g/mol. The summed E-state index contributed by atoms with van der Waals surface area (Å²) in [7, 11) is 2.10. The van der Waals surface area contributed by atoms with Crippen molar-refractivity contribution < 1.29 is 5.11 Å². The van der Waals surface area contributed by atoms with Crippen LogP contribution in [0.25, 0.3) is 0 Å². The molecule has 5 heteroatoms. The molecule has 1 aromatic heterocycles. The van der Waals surface area contributed by atoms with E-state index in [1.54, 1.807) is 0 Å². The molecule has 1 N–H and O–H groups in total. The fraction of sp³-hybridized carbons (Fsp3) is 0.824. The highest BCUT2D eigenvalue weighted by atomic mass is 16.3. The van der Waals surface area contributed by atoms with Crippen LogP contribution in [-0.2, 0) is 13.6 Å². The maximum Gasteiger partial charge on any atom is 0.105 e. The zero-order valence-corrected chi connectivity index (χ0v) is 14.0. The summed E-state index contributed by atoms with van der Waals surface area (Å²) in [5.74, 6) is 1.59. The molecule has 22 heavy (non-hydrogen) atoms. The average molecular weight is 306 g/mol. The van der Waals surface area contributed by atoms with Crippen LogP contribution in [0.3, 0.4) is 0 Å². The van der Waals surface area contributed by atoms with Gasteiger partial charge < -0.3 is 9.67 Å². The highest BCUT2D eigenvalue weighted by Gasteiger charge is 2.28. The van der Waals surface area contributed by atoms with Gasteiger partial charge in [0.2, 0.25) is 0 Å². The second-order valence-electron chi connectivity index (χ2n) is 7.05. The minimum Gasteiger partial charge on any atom is -0.396 e. The Labute approximate surface area is 133 Å². The summed E-state index contributed by atoms with van der Waals surface area (Å²) in [5, 5.41) is 9.40. The molecule has 0 radical (unpaired) electrons. The Bertz CT molecular complexity index is 479. The van der Waals surface area contributed by atoms with Crippen LogP contribution >= 0.6 is 0 Å². The summed E-state index contributed by atoms with van der Waals surface area (Å²) < 4.78 is 2.20. The number of likely N-dealkylation sites (tertiary alicyclic amines) is 2. The molecule has 1 atom stereocenters. The van der Waals surface area contributed by atoms with Gasteiger partial charge in [-0.15, -0.1) is 0 Å². The van der Waals surface area contributed by atoms with E-state index in [-0.39, 0.29) is 0 Å². The Morgan fingerprint density at radius 3 is 2.64 bits per heavy atom. The van der Waals surface area contributed by atoms with E-state index in [0.717, 1.165) is 25.0 Å². The van der Waals surface area contributed by atoms with E-state index in [9.17, 15) is 5.11 Å². The smallest absolute Gasteiger partial charge is 0.105 e. The molecule has 124 valence electrons. The first kappa shape index (κ1) is 16.0. The fourth-order valence-electron chi connectivity index (χ4n) is 3.95. The molecule has 0 amide bonds. The van der Waals surface area contributed by atoms with Gasteiger partial charge in [-0.1, -0.05) is 0 Å². The molecule has 0 unspecified atom stereocenters. The number of aryl methyl sites for hydroxylation is 1. The second-order valence-corrected chi connectivity index (χ2v) is 7.05. The van der Waals surface area contributed by atoms with E-state index < -0.39 is 0 Å². The average Bonchev–Trinajstić information content (AvgIpc) is 2.88. The number of hydrogen-bond acceptors (Lipinski definition) is 4. The first-order valence-corrected chi connectivity index (χ1v) is 8.72. The Morgan fingerprint density at radius 1 is 1.23 bits per heavy atom. The number of rotatable bonds is 4. The van der Waals surface area contributed by atoms with Crippen LogP contribution < -0.4 is 0 Å². The van der Waals surface area contributed by atoms with Gasteiger partial charge in [0, 0.05) is 52.1 Å². The van der Waals surface area contributed by atoms with Gasteiger partial charge in [0.25, 0.3) is 0 Å². The summed E-state index contributed by atoms with van der Waals surface area (Å²) in [4.78, 5) is 9.58. The van der Waals surface area contributed by atoms with E-state index in [1.807, 2.05) is 6.20 Å².